The molecule has 0 bridgehead atoms. The van der Waals surface area contributed by atoms with Crippen molar-refractivity contribution in [1.29, 1.82) is 0 Å². The Morgan fingerprint density at radius 2 is 1.92 bits per heavy atom. The number of anilines is 2. The highest BCUT2D eigenvalue weighted by Crippen LogP contribution is 2.46. The molecule has 1 saturated carbocycles. The summed E-state index contributed by atoms with van der Waals surface area (Å²) in [6, 6.07) is 13.3. The van der Waals surface area contributed by atoms with Gasteiger partial charge in [-0.1, -0.05) is 39.8 Å². The molecule has 2 aromatic rings. The number of cyclic esters (lactones) is 1. The van der Waals surface area contributed by atoms with Crippen LogP contribution in [0.5, 0.6) is 0 Å². The highest BCUT2D eigenvalue weighted by Gasteiger charge is 2.40. The maximum absolute atomic E-state index is 12.6. The van der Waals surface area contributed by atoms with E-state index in [-0.39, 0.29) is 29.5 Å². The Morgan fingerprint density at radius 1 is 1.17 bits per heavy atom. The third-order valence-corrected chi connectivity index (χ3v) is 9.27. The van der Waals surface area contributed by atoms with Crippen LogP contribution in [-0.2, 0) is 21.2 Å². The van der Waals surface area contributed by atoms with Crippen LogP contribution in [0, 0.1) is 11.3 Å². The molecule has 3 aliphatic rings. The fourth-order valence-electron chi connectivity index (χ4n) is 5.23. The van der Waals surface area contributed by atoms with Crippen LogP contribution in [0.15, 0.2) is 42.5 Å². The molecule has 2 fully saturated rings. The number of carbonyl (C=O) groups excluding carboxylic acids is 2. The Hall–Kier alpha value is -3.07. The molecule has 8 nitrogen and oxygen atoms in total. The van der Waals surface area contributed by atoms with Crippen LogP contribution in [0.3, 0.4) is 0 Å². The molecule has 2 heterocycles. The molecule has 1 aliphatic carbocycles. The van der Waals surface area contributed by atoms with Gasteiger partial charge in [0.25, 0.3) is 5.91 Å². The lowest BCUT2D eigenvalue weighted by atomic mass is 9.72. The second-order valence-electron chi connectivity index (χ2n) is 11.1. The van der Waals surface area contributed by atoms with Gasteiger partial charge in [0.2, 0.25) is 10.0 Å². The van der Waals surface area contributed by atoms with Crippen molar-refractivity contribution in [1.82, 2.24) is 4.72 Å². The normalized spacial score (nSPS) is 23.1. The maximum atomic E-state index is 12.6. The molecular formula is C27H33N3O5S. The van der Waals surface area contributed by atoms with Crippen LogP contribution in [0.1, 0.15) is 68.1 Å². The second-order valence-corrected chi connectivity index (χ2v) is 13.1. The van der Waals surface area contributed by atoms with Gasteiger partial charge >= 0.3 is 6.09 Å². The summed E-state index contributed by atoms with van der Waals surface area (Å²) < 4.78 is 31.9. The number of amides is 2. The zero-order valence-electron chi connectivity index (χ0n) is 21.1. The number of benzene rings is 2. The minimum Gasteiger partial charge on any atom is -0.447 e. The predicted octanol–water partition coefficient (Wildman–Crippen LogP) is 4.63. The smallest absolute Gasteiger partial charge is 0.414 e. The van der Waals surface area contributed by atoms with E-state index in [9.17, 15) is 18.0 Å². The van der Waals surface area contributed by atoms with Gasteiger partial charge in [0.05, 0.1) is 17.3 Å². The van der Waals surface area contributed by atoms with E-state index in [1.807, 2.05) is 18.2 Å². The van der Waals surface area contributed by atoms with Crippen LogP contribution in [-0.4, -0.2) is 38.3 Å². The number of nitrogens with one attached hydrogen (secondary N) is 2. The molecule has 1 saturated heterocycles. The number of fused-ring (bicyclic) bond motifs is 1. The fourth-order valence-corrected chi connectivity index (χ4v) is 6.53. The first-order chi connectivity index (χ1) is 17.0. The Morgan fingerprint density at radius 3 is 2.61 bits per heavy atom. The summed E-state index contributed by atoms with van der Waals surface area (Å²) in [5.41, 5.74) is 3.87. The topological polar surface area (TPSA) is 105 Å². The van der Waals surface area contributed by atoms with E-state index in [4.69, 9.17) is 4.74 Å². The summed E-state index contributed by atoms with van der Waals surface area (Å²) >= 11 is 0. The number of rotatable bonds is 6. The minimum absolute atomic E-state index is 0.00547. The molecule has 0 radical (unpaired) electrons. The summed E-state index contributed by atoms with van der Waals surface area (Å²) in [5, 5.41) is 3.17. The lowest BCUT2D eigenvalue weighted by molar-refractivity contribution is 0.0981. The van der Waals surface area contributed by atoms with Crippen molar-refractivity contribution in [3.05, 3.63) is 59.2 Å². The van der Waals surface area contributed by atoms with Crippen LogP contribution in [0.2, 0.25) is 0 Å². The van der Waals surface area contributed by atoms with E-state index in [1.54, 1.807) is 17.0 Å². The van der Waals surface area contributed by atoms with Gasteiger partial charge in [-0.25, -0.2) is 17.9 Å². The Labute approximate surface area is 212 Å². The molecule has 0 aromatic heterocycles. The lowest BCUT2D eigenvalue weighted by Gasteiger charge is -2.41. The van der Waals surface area contributed by atoms with Crippen molar-refractivity contribution < 1.29 is 22.7 Å². The monoisotopic (exact) mass is 511 g/mol. The van der Waals surface area contributed by atoms with E-state index in [0.717, 1.165) is 22.5 Å². The molecule has 192 valence electrons. The molecule has 2 N–H and O–H groups in total. The number of hydrogen-bond donors (Lipinski definition) is 2. The van der Waals surface area contributed by atoms with Crippen molar-refractivity contribution in [3.8, 4) is 0 Å². The van der Waals surface area contributed by atoms with Gasteiger partial charge in [-0.05, 0) is 72.1 Å². The van der Waals surface area contributed by atoms with E-state index in [0.29, 0.717) is 31.4 Å². The zero-order valence-corrected chi connectivity index (χ0v) is 21.9. The predicted molar refractivity (Wildman–Crippen MR) is 139 cm³/mol. The van der Waals surface area contributed by atoms with Crippen molar-refractivity contribution >= 4 is 33.4 Å². The van der Waals surface area contributed by atoms with Crippen LogP contribution < -0.4 is 14.9 Å². The number of ether oxygens (including phenoxy) is 1. The molecule has 36 heavy (non-hydrogen) atoms. The van der Waals surface area contributed by atoms with Crippen LogP contribution in [0.4, 0.5) is 16.2 Å². The van der Waals surface area contributed by atoms with Gasteiger partial charge in [0.1, 0.15) is 6.61 Å². The van der Waals surface area contributed by atoms with E-state index >= 15 is 0 Å². The third kappa shape index (κ3) is 4.56. The van der Waals surface area contributed by atoms with E-state index in [1.165, 1.54) is 0 Å². The van der Waals surface area contributed by atoms with Gasteiger partial charge in [-0.3, -0.25) is 9.69 Å². The summed E-state index contributed by atoms with van der Waals surface area (Å²) in [6.45, 7) is 8.88. The molecule has 5 rings (SSSR count). The first-order valence-corrected chi connectivity index (χ1v) is 14.0. The first kappa shape index (κ1) is 24.6. The van der Waals surface area contributed by atoms with Gasteiger partial charge < -0.3 is 10.1 Å². The minimum atomic E-state index is -3.60. The Kier molecular flexibility index (Phi) is 6.01. The molecule has 2 atom stereocenters. The molecule has 0 spiro atoms. The number of hydrogen-bond acceptors (Lipinski definition) is 6. The van der Waals surface area contributed by atoms with Crippen molar-refractivity contribution in [2.45, 2.75) is 64.3 Å². The van der Waals surface area contributed by atoms with Crippen molar-refractivity contribution in [3.63, 3.8) is 0 Å². The van der Waals surface area contributed by atoms with Gasteiger partial charge in [0.15, 0.2) is 0 Å². The maximum Gasteiger partial charge on any atom is 0.414 e. The lowest BCUT2D eigenvalue weighted by Crippen LogP contribution is -2.38. The Balaban J connectivity index is 1.40. The molecule has 2 aliphatic heterocycles. The van der Waals surface area contributed by atoms with Gasteiger partial charge in [0, 0.05) is 16.9 Å². The number of nitrogens with zero attached hydrogens (tertiary/aromatic N) is 1. The quantitative estimate of drug-likeness (QED) is 0.586. The molecule has 1 unspecified atom stereocenters. The highest BCUT2D eigenvalue weighted by atomic mass is 32.2. The van der Waals surface area contributed by atoms with E-state index in [2.05, 4.69) is 49.9 Å². The summed E-state index contributed by atoms with van der Waals surface area (Å²) in [5.74, 6) is -0.323. The largest absolute Gasteiger partial charge is 0.447 e. The second kappa shape index (κ2) is 8.80. The Bertz CT molecular complexity index is 1320. The van der Waals surface area contributed by atoms with E-state index < -0.39 is 21.2 Å². The standard InChI is InChI=1S/C27H33N3O5S/c1-16(2)23-15-35-26(32)30(23)20-7-5-6-17(13-20)24-27(3,4)14-19-12-18(8-11-22(19)28-24)25(31)29-36(33,34)21-9-10-21/h5-8,11-13,16,21,23-24,28H,9-10,14-15H2,1-4H3,(H,29,31)/t23-,24?/m0/s1. The van der Waals surface area contributed by atoms with Crippen molar-refractivity contribution in [2.24, 2.45) is 11.3 Å². The van der Waals surface area contributed by atoms with Crippen molar-refractivity contribution in [2.75, 3.05) is 16.8 Å². The molecule has 9 heteroatoms. The number of sulfonamides is 1. The summed E-state index contributed by atoms with van der Waals surface area (Å²) in [6.07, 6.45) is 1.58. The molecule has 2 amide bonds. The zero-order chi connectivity index (χ0) is 25.8. The number of carbonyl (C=O) groups is 2. The third-order valence-electron chi connectivity index (χ3n) is 7.45. The van der Waals surface area contributed by atoms with Crippen LogP contribution >= 0.6 is 0 Å². The SMILES string of the molecule is CC(C)[C@@H]1COC(=O)N1c1cccc(C2Nc3ccc(C(=O)NS(=O)(=O)C4CC4)cc3CC2(C)C)c1. The molecular weight excluding hydrogens is 478 g/mol. The highest BCUT2D eigenvalue weighted by molar-refractivity contribution is 7.91. The van der Waals surface area contributed by atoms with Gasteiger partial charge in [-0.15, -0.1) is 0 Å². The summed E-state index contributed by atoms with van der Waals surface area (Å²) in [7, 11) is -3.60. The molecule has 2 aromatic carbocycles. The average molecular weight is 512 g/mol. The van der Waals surface area contributed by atoms with Crippen LogP contribution in [0.25, 0.3) is 0 Å². The average Bonchev–Trinajstić information content (AvgIpc) is 3.60. The van der Waals surface area contributed by atoms with Gasteiger partial charge in [-0.2, -0.15) is 0 Å². The summed E-state index contributed by atoms with van der Waals surface area (Å²) in [4.78, 5) is 26.9. The first-order valence-electron chi connectivity index (χ1n) is 12.5. The fraction of sp³-hybridized carbons (Fsp3) is 0.481.